The highest BCUT2D eigenvalue weighted by Gasteiger charge is 2.15. The van der Waals surface area contributed by atoms with Crippen molar-refractivity contribution in [3.05, 3.63) is 39.8 Å². The zero-order valence-electron chi connectivity index (χ0n) is 11.4. The molecule has 2 aromatic heterocycles. The molecule has 0 unspecified atom stereocenters. The number of rotatable bonds is 3. The highest BCUT2D eigenvalue weighted by atomic mass is 16.1. The van der Waals surface area contributed by atoms with Gasteiger partial charge in [-0.05, 0) is 24.0 Å². The minimum Gasteiger partial charge on any atom is -0.383 e. The van der Waals surface area contributed by atoms with E-state index in [1.54, 1.807) is 6.20 Å². The Morgan fingerprint density at radius 1 is 1.42 bits per heavy atom. The number of aryl methyl sites for hydroxylation is 1. The van der Waals surface area contributed by atoms with E-state index in [1.165, 1.54) is 0 Å². The lowest BCUT2D eigenvalue weighted by molar-refractivity contribution is 0.836. The third kappa shape index (κ3) is 2.50. The first-order valence-electron chi connectivity index (χ1n) is 6.38. The number of anilines is 1. The lowest BCUT2D eigenvalue weighted by Gasteiger charge is -2.10. The van der Waals surface area contributed by atoms with Crippen molar-refractivity contribution in [3.8, 4) is 11.5 Å². The predicted molar refractivity (Wildman–Crippen MR) is 76.0 cm³/mol. The van der Waals surface area contributed by atoms with Gasteiger partial charge in [0.2, 0.25) is 0 Å². The molecule has 0 bridgehead atoms. The lowest BCUT2D eigenvalue weighted by atomic mass is 10.1. The fourth-order valence-corrected chi connectivity index (χ4v) is 2.11. The second-order valence-electron chi connectivity index (χ2n) is 4.73. The van der Waals surface area contributed by atoms with Gasteiger partial charge in [-0.2, -0.15) is 0 Å². The molecule has 0 saturated heterocycles. The molecule has 5 nitrogen and oxygen atoms in total. The monoisotopic (exact) mass is 258 g/mol. The summed E-state index contributed by atoms with van der Waals surface area (Å²) in [5.74, 6) is 0.755. The van der Waals surface area contributed by atoms with E-state index in [0.29, 0.717) is 17.1 Å². The molecule has 0 aromatic carbocycles. The minimum atomic E-state index is -0.190. The van der Waals surface area contributed by atoms with Crippen molar-refractivity contribution in [3.63, 3.8) is 0 Å². The third-order valence-electron chi connectivity index (χ3n) is 3.06. The van der Waals surface area contributed by atoms with Gasteiger partial charge in [0.05, 0.1) is 5.56 Å². The van der Waals surface area contributed by atoms with E-state index in [0.717, 1.165) is 12.0 Å². The summed E-state index contributed by atoms with van der Waals surface area (Å²) in [5, 5.41) is 0. The first-order chi connectivity index (χ1) is 9.04. The number of H-pyrrole nitrogens is 1. The number of hydrogen-bond acceptors (Lipinski definition) is 4. The number of nitrogens with one attached hydrogen (secondary N) is 1. The molecule has 0 saturated carbocycles. The Labute approximate surface area is 111 Å². The van der Waals surface area contributed by atoms with Crippen molar-refractivity contribution in [2.45, 2.75) is 33.1 Å². The quantitative estimate of drug-likeness (QED) is 0.883. The van der Waals surface area contributed by atoms with E-state index in [2.05, 4.69) is 15.0 Å². The maximum atomic E-state index is 12.1. The summed E-state index contributed by atoms with van der Waals surface area (Å²) < 4.78 is 0. The zero-order chi connectivity index (χ0) is 14.0. The maximum absolute atomic E-state index is 12.1. The Hall–Kier alpha value is -2.17. The summed E-state index contributed by atoms with van der Waals surface area (Å²) in [5.41, 5.74) is 7.94. The molecular weight excluding hydrogens is 240 g/mol. The molecule has 0 aliphatic rings. The smallest absolute Gasteiger partial charge is 0.256 e. The summed E-state index contributed by atoms with van der Waals surface area (Å²) >= 11 is 0. The first-order valence-corrected chi connectivity index (χ1v) is 6.38. The number of pyridine rings is 1. The highest BCUT2D eigenvalue weighted by Crippen LogP contribution is 2.21. The van der Waals surface area contributed by atoms with Crippen LogP contribution in [0.3, 0.4) is 0 Å². The van der Waals surface area contributed by atoms with Gasteiger partial charge < -0.3 is 10.7 Å². The molecule has 0 aliphatic heterocycles. The van der Waals surface area contributed by atoms with Crippen molar-refractivity contribution in [2.24, 2.45) is 0 Å². The molecule has 100 valence electrons. The van der Waals surface area contributed by atoms with Gasteiger partial charge in [-0.3, -0.25) is 9.78 Å². The van der Waals surface area contributed by atoms with Gasteiger partial charge in [0.25, 0.3) is 5.56 Å². The van der Waals surface area contributed by atoms with E-state index in [1.807, 2.05) is 32.9 Å². The fourth-order valence-electron chi connectivity index (χ4n) is 2.11. The van der Waals surface area contributed by atoms with E-state index in [-0.39, 0.29) is 17.3 Å². The fraction of sp³-hybridized carbons (Fsp3) is 0.357. The van der Waals surface area contributed by atoms with E-state index in [4.69, 9.17) is 5.73 Å². The van der Waals surface area contributed by atoms with Crippen molar-refractivity contribution >= 4 is 5.82 Å². The molecule has 2 aromatic rings. The SMILES string of the molecule is CCc1cccnc1-c1nc(N)c(C(C)C)c(=O)[nH]1. The molecule has 19 heavy (non-hydrogen) atoms. The number of hydrogen-bond donors (Lipinski definition) is 2. The molecule has 0 aliphatic carbocycles. The Kier molecular flexibility index (Phi) is 3.64. The van der Waals surface area contributed by atoms with Gasteiger partial charge in [0.15, 0.2) is 5.82 Å². The van der Waals surface area contributed by atoms with Crippen LogP contribution in [0.1, 0.15) is 37.8 Å². The molecule has 0 atom stereocenters. The van der Waals surface area contributed by atoms with Gasteiger partial charge >= 0.3 is 0 Å². The van der Waals surface area contributed by atoms with Crippen LogP contribution in [0, 0.1) is 0 Å². The second kappa shape index (κ2) is 5.22. The standard InChI is InChI=1S/C14H18N4O/c1-4-9-6-5-7-16-11(9)13-17-12(15)10(8(2)3)14(19)18-13/h5-8H,4H2,1-3H3,(H3,15,17,18,19). The maximum Gasteiger partial charge on any atom is 0.256 e. The van der Waals surface area contributed by atoms with Crippen LogP contribution in [0.2, 0.25) is 0 Å². The second-order valence-corrected chi connectivity index (χ2v) is 4.73. The zero-order valence-corrected chi connectivity index (χ0v) is 11.4. The van der Waals surface area contributed by atoms with Gasteiger partial charge in [-0.25, -0.2) is 4.98 Å². The lowest BCUT2D eigenvalue weighted by Crippen LogP contribution is -2.19. The summed E-state index contributed by atoms with van der Waals surface area (Å²) in [7, 11) is 0. The van der Waals surface area contributed by atoms with Crippen molar-refractivity contribution in [1.82, 2.24) is 15.0 Å². The van der Waals surface area contributed by atoms with Crippen LogP contribution in [-0.2, 0) is 6.42 Å². The van der Waals surface area contributed by atoms with E-state index in [9.17, 15) is 4.79 Å². The summed E-state index contributed by atoms with van der Waals surface area (Å²) in [6, 6.07) is 3.83. The molecule has 0 spiro atoms. The molecule has 5 heteroatoms. The van der Waals surface area contributed by atoms with Crippen LogP contribution < -0.4 is 11.3 Å². The Bertz CT molecular complexity index is 646. The van der Waals surface area contributed by atoms with Crippen LogP contribution in [0.4, 0.5) is 5.82 Å². The molecule has 2 heterocycles. The molecule has 0 fully saturated rings. The number of aromatic nitrogens is 3. The molecular formula is C14H18N4O. The average molecular weight is 258 g/mol. The van der Waals surface area contributed by atoms with Crippen LogP contribution in [-0.4, -0.2) is 15.0 Å². The van der Waals surface area contributed by atoms with Gasteiger partial charge in [0, 0.05) is 6.20 Å². The van der Waals surface area contributed by atoms with Crippen LogP contribution in [0.25, 0.3) is 11.5 Å². The Morgan fingerprint density at radius 3 is 2.74 bits per heavy atom. The van der Waals surface area contributed by atoms with Crippen LogP contribution in [0.5, 0.6) is 0 Å². The number of nitrogen functional groups attached to an aromatic ring is 1. The summed E-state index contributed by atoms with van der Waals surface area (Å²) in [6.07, 6.45) is 2.50. The highest BCUT2D eigenvalue weighted by molar-refractivity contribution is 5.57. The Morgan fingerprint density at radius 2 is 2.16 bits per heavy atom. The summed E-state index contributed by atoms with van der Waals surface area (Å²) in [4.78, 5) is 23.4. The largest absolute Gasteiger partial charge is 0.383 e. The van der Waals surface area contributed by atoms with Crippen molar-refractivity contribution in [1.29, 1.82) is 0 Å². The molecule has 0 radical (unpaired) electrons. The van der Waals surface area contributed by atoms with Crippen molar-refractivity contribution in [2.75, 3.05) is 5.73 Å². The number of aromatic amines is 1. The predicted octanol–water partition coefficient (Wildman–Crippen LogP) is 2.10. The number of nitrogens with zero attached hydrogens (tertiary/aromatic N) is 2. The van der Waals surface area contributed by atoms with Crippen molar-refractivity contribution < 1.29 is 0 Å². The average Bonchev–Trinajstić information content (AvgIpc) is 2.37. The number of nitrogens with two attached hydrogens (primary N) is 1. The van der Waals surface area contributed by atoms with Gasteiger partial charge in [-0.1, -0.05) is 26.8 Å². The van der Waals surface area contributed by atoms with Gasteiger partial charge in [-0.15, -0.1) is 0 Å². The normalized spacial score (nSPS) is 10.9. The topological polar surface area (TPSA) is 84.7 Å². The first kappa shape index (κ1) is 13.3. The minimum absolute atomic E-state index is 0.0414. The Balaban J connectivity index is 2.62. The van der Waals surface area contributed by atoms with E-state index >= 15 is 0 Å². The third-order valence-corrected chi connectivity index (χ3v) is 3.06. The molecule has 3 N–H and O–H groups in total. The molecule has 2 rings (SSSR count). The summed E-state index contributed by atoms with van der Waals surface area (Å²) in [6.45, 7) is 5.87. The van der Waals surface area contributed by atoms with Crippen LogP contribution >= 0.6 is 0 Å². The molecule has 0 amide bonds. The van der Waals surface area contributed by atoms with E-state index < -0.39 is 0 Å². The van der Waals surface area contributed by atoms with Crippen LogP contribution in [0.15, 0.2) is 23.1 Å². The van der Waals surface area contributed by atoms with Gasteiger partial charge in [0.1, 0.15) is 11.5 Å².